The summed E-state index contributed by atoms with van der Waals surface area (Å²) in [5.74, 6) is 3.80. The fraction of sp³-hybridized carbons (Fsp3) is 0.267. The third kappa shape index (κ3) is 5.03. The molecule has 184 valence electrons. The lowest BCUT2D eigenvalue weighted by molar-refractivity contribution is 0.0690. The summed E-state index contributed by atoms with van der Waals surface area (Å²) in [6.07, 6.45) is 13.4. The van der Waals surface area contributed by atoms with E-state index < -0.39 is 0 Å². The summed E-state index contributed by atoms with van der Waals surface area (Å²) in [5.41, 5.74) is 5.49. The number of carbonyl (C=O) groups is 1. The van der Waals surface area contributed by atoms with E-state index in [1.807, 2.05) is 48.4 Å². The summed E-state index contributed by atoms with van der Waals surface area (Å²) in [7, 11) is 0. The molecule has 0 radical (unpaired) electrons. The molecular weight excluding hydrogens is 462 g/mol. The Morgan fingerprint density at radius 1 is 1.16 bits per heavy atom. The predicted molar refractivity (Wildman–Crippen MR) is 141 cm³/mol. The molecule has 0 atom stereocenters. The number of nitriles is 1. The summed E-state index contributed by atoms with van der Waals surface area (Å²) >= 11 is 0. The number of fused-ring (bicyclic) bond motifs is 1. The number of piperidine rings is 1. The number of pyridine rings is 2. The van der Waals surface area contributed by atoms with Gasteiger partial charge in [-0.2, -0.15) is 10.4 Å². The van der Waals surface area contributed by atoms with E-state index in [0.717, 1.165) is 60.3 Å². The van der Waals surface area contributed by atoms with Gasteiger partial charge in [-0.25, -0.2) is 4.52 Å². The number of hydrogen-bond acceptors (Lipinski definition) is 5. The molecule has 4 aromatic rings. The first kappa shape index (κ1) is 24.1. The van der Waals surface area contributed by atoms with Crippen molar-refractivity contribution < 1.29 is 9.53 Å². The van der Waals surface area contributed by atoms with Gasteiger partial charge in [0.15, 0.2) is 0 Å². The van der Waals surface area contributed by atoms with E-state index in [-0.39, 0.29) is 5.91 Å². The molecule has 1 aliphatic heterocycles. The van der Waals surface area contributed by atoms with E-state index in [1.165, 1.54) is 0 Å². The quantitative estimate of drug-likeness (QED) is 0.365. The molecule has 7 nitrogen and oxygen atoms in total. The van der Waals surface area contributed by atoms with Gasteiger partial charge in [-0.1, -0.05) is 12.0 Å². The van der Waals surface area contributed by atoms with Gasteiger partial charge in [0.2, 0.25) is 0 Å². The van der Waals surface area contributed by atoms with E-state index in [0.29, 0.717) is 29.4 Å². The van der Waals surface area contributed by atoms with Crippen LogP contribution in [0.5, 0.6) is 5.75 Å². The van der Waals surface area contributed by atoms with Gasteiger partial charge in [0.25, 0.3) is 5.91 Å². The molecule has 1 amide bonds. The Morgan fingerprint density at radius 3 is 2.59 bits per heavy atom. The second-order valence-corrected chi connectivity index (χ2v) is 9.19. The molecule has 1 aliphatic rings. The van der Waals surface area contributed by atoms with Crippen molar-refractivity contribution in [2.24, 2.45) is 5.92 Å². The average Bonchev–Trinajstić information content (AvgIpc) is 3.36. The topological polar surface area (TPSA) is 83.5 Å². The Labute approximate surface area is 216 Å². The van der Waals surface area contributed by atoms with Crippen LogP contribution in [0.25, 0.3) is 16.6 Å². The maximum absolute atomic E-state index is 12.8. The fourth-order valence-corrected chi connectivity index (χ4v) is 4.88. The lowest BCUT2D eigenvalue weighted by Gasteiger charge is -2.32. The minimum absolute atomic E-state index is 0.0571. The average molecular weight is 490 g/mol. The molecule has 1 saturated heterocycles. The molecule has 0 bridgehead atoms. The molecule has 1 aromatic carbocycles. The van der Waals surface area contributed by atoms with E-state index in [4.69, 9.17) is 16.1 Å². The van der Waals surface area contributed by atoms with E-state index in [1.54, 1.807) is 29.0 Å². The van der Waals surface area contributed by atoms with Gasteiger partial charge in [-0.3, -0.25) is 9.78 Å². The Hall–Kier alpha value is -4.62. The summed E-state index contributed by atoms with van der Waals surface area (Å²) in [5, 5.41) is 13.9. The number of ether oxygens (including phenoxy) is 1. The van der Waals surface area contributed by atoms with Crippen LogP contribution in [0.3, 0.4) is 0 Å². The van der Waals surface area contributed by atoms with Gasteiger partial charge >= 0.3 is 0 Å². The van der Waals surface area contributed by atoms with Crippen LogP contribution in [0.15, 0.2) is 61.1 Å². The van der Waals surface area contributed by atoms with Crippen LogP contribution in [-0.4, -0.2) is 45.1 Å². The molecule has 7 heteroatoms. The number of carbonyl (C=O) groups excluding carboxylic acids is 1. The number of likely N-dealkylation sites (tertiary alicyclic amines) is 1. The maximum atomic E-state index is 12.8. The third-order valence-electron chi connectivity index (χ3n) is 6.85. The zero-order chi connectivity index (χ0) is 25.8. The van der Waals surface area contributed by atoms with Gasteiger partial charge in [0, 0.05) is 47.2 Å². The van der Waals surface area contributed by atoms with Crippen LogP contribution in [0, 0.1) is 29.6 Å². The van der Waals surface area contributed by atoms with Gasteiger partial charge < -0.3 is 9.64 Å². The molecule has 5 rings (SSSR count). The molecule has 3 aromatic heterocycles. The van der Waals surface area contributed by atoms with Crippen LogP contribution in [-0.2, 0) is 6.42 Å². The Morgan fingerprint density at radius 2 is 1.95 bits per heavy atom. The largest absolute Gasteiger partial charge is 0.492 e. The number of amides is 1. The highest BCUT2D eigenvalue weighted by molar-refractivity contribution is 5.94. The van der Waals surface area contributed by atoms with E-state index in [9.17, 15) is 10.1 Å². The summed E-state index contributed by atoms with van der Waals surface area (Å²) in [6.45, 7) is 3.94. The molecule has 0 N–H and O–H groups in total. The predicted octanol–water partition coefficient (Wildman–Crippen LogP) is 4.74. The highest BCUT2D eigenvalue weighted by atomic mass is 16.5. The molecule has 37 heavy (non-hydrogen) atoms. The molecule has 0 saturated carbocycles. The van der Waals surface area contributed by atoms with Crippen LogP contribution in [0.2, 0.25) is 0 Å². The van der Waals surface area contributed by atoms with Crippen LogP contribution < -0.4 is 4.74 Å². The van der Waals surface area contributed by atoms with Crippen molar-refractivity contribution in [1.82, 2.24) is 19.5 Å². The minimum Gasteiger partial charge on any atom is -0.492 e. The molecule has 1 fully saturated rings. The molecular formula is C30H27N5O2. The first-order valence-electron chi connectivity index (χ1n) is 12.4. The normalized spacial score (nSPS) is 13.8. The number of benzene rings is 1. The number of terminal acetylenes is 1. The highest BCUT2D eigenvalue weighted by Gasteiger charge is 2.24. The van der Waals surface area contributed by atoms with Crippen molar-refractivity contribution in [3.8, 4) is 35.3 Å². The first-order valence-corrected chi connectivity index (χ1v) is 12.4. The maximum Gasteiger partial charge on any atom is 0.253 e. The molecule has 0 unspecified atom stereocenters. The highest BCUT2D eigenvalue weighted by Crippen LogP contribution is 2.31. The first-order chi connectivity index (χ1) is 18.1. The summed E-state index contributed by atoms with van der Waals surface area (Å²) in [6, 6.07) is 15.5. The lowest BCUT2D eigenvalue weighted by Crippen LogP contribution is -2.38. The van der Waals surface area contributed by atoms with E-state index >= 15 is 0 Å². The molecule has 0 spiro atoms. The van der Waals surface area contributed by atoms with Crippen molar-refractivity contribution in [2.75, 3.05) is 19.7 Å². The van der Waals surface area contributed by atoms with Gasteiger partial charge in [-0.05, 0) is 68.5 Å². The number of hydrogen-bond donors (Lipinski definition) is 0. The Balaban J connectivity index is 1.26. The van der Waals surface area contributed by atoms with Crippen molar-refractivity contribution in [1.29, 1.82) is 5.26 Å². The van der Waals surface area contributed by atoms with Gasteiger partial charge in [-0.15, -0.1) is 6.42 Å². The van der Waals surface area contributed by atoms with Gasteiger partial charge in [0.05, 0.1) is 30.1 Å². The zero-order valence-corrected chi connectivity index (χ0v) is 20.7. The number of aromatic nitrogens is 3. The number of rotatable bonds is 6. The summed E-state index contributed by atoms with van der Waals surface area (Å²) in [4.78, 5) is 19.5. The van der Waals surface area contributed by atoms with Crippen LogP contribution in [0.1, 0.15) is 46.9 Å². The second kappa shape index (κ2) is 10.6. The van der Waals surface area contributed by atoms with Crippen LogP contribution >= 0.6 is 0 Å². The van der Waals surface area contributed by atoms with Crippen molar-refractivity contribution in [3.63, 3.8) is 0 Å². The Kier molecular flexibility index (Phi) is 6.87. The SMILES string of the molecule is C#Cc1ccc(C(=O)N2CCC(Cc3ccc(-c4cc(OCC)cn5ncc(C#N)c45)cn3)CC2)cc1. The fourth-order valence-electron chi connectivity index (χ4n) is 4.88. The van der Waals surface area contributed by atoms with E-state index in [2.05, 4.69) is 17.1 Å². The smallest absolute Gasteiger partial charge is 0.253 e. The Bertz CT molecular complexity index is 1500. The molecule has 4 heterocycles. The minimum atomic E-state index is 0.0571. The van der Waals surface area contributed by atoms with Gasteiger partial charge in [0.1, 0.15) is 11.8 Å². The zero-order valence-electron chi connectivity index (χ0n) is 20.7. The standard InChI is InChI=1S/C30H27N5O2/c1-3-21-5-7-23(8-6-21)30(36)34-13-11-22(12-14-34)15-26-10-9-24(18-32-26)28-16-27(37-4-2)20-35-29(28)25(17-31)19-33-35/h1,5-10,16,18-20,22H,4,11-15H2,2H3. The number of nitrogens with zero attached hydrogens (tertiary/aromatic N) is 5. The monoisotopic (exact) mass is 489 g/mol. The molecule has 0 aliphatic carbocycles. The van der Waals surface area contributed by atoms with Crippen molar-refractivity contribution in [3.05, 3.63) is 83.4 Å². The lowest BCUT2D eigenvalue weighted by atomic mass is 9.91. The summed E-state index contributed by atoms with van der Waals surface area (Å²) < 4.78 is 7.39. The third-order valence-corrected chi connectivity index (χ3v) is 6.85. The van der Waals surface area contributed by atoms with Crippen molar-refractivity contribution >= 4 is 11.4 Å². The van der Waals surface area contributed by atoms with Crippen molar-refractivity contribution in [2.45, 2.75) is 26.2 Å². The van der Waals surface area contributed by atoms with Crippen LogP contribution in [0.4, 0.5) is 0 Å². The second-order valence-electron chi connectivity index (χ2n) is 9.19.